The Kier molecular flexibility index (Phi) is 4.04. The third kappa shape index (κ3) is 4.01. The maximum absolute atomic E-state index is 13.1. The lowest BCUT2D eigenvalue weighted by Crippen LogP contribution is -2.23. The molecule has 0 saturated carbocycles. The number of allylic oxidation sites excluding steroid dienone is 1. The molecule has 0 atom stereocenters. The zero-order valence-electron chi connectivity index (χ0n) is 7.81. The quantitative estimate of drug-likeness (QED) is 0.680. The molecule has 0 fully saturated rings. The molecule has 0 rings (SSSR count). The molecule has 0 saturated heterocycles. The smallest absolute Gasteiger partial charge is 0.303 e. The van der Waals surface area contributed by atoms with Gasteiger partial charge in [-0.2, -0.15) is 0 Å². The van der Waals surface area contributed by atoms with Gasteiger partial charge in [0.2, 0.25) is 0 Å². The molecule has 76 valence electrons. The molecule has 0 unspecified atom stereocenters. The van der Waals surface area contributed by atoms with E-state index in [-0.39, 0.29) is 11.5 Å². The van der Waals surface area contributed by atoms with Gasteiger partial charge in [0.1, 0.15) is 0 Å². The highest BCUT2D eigenvalue weighted by Gasteiger charge is 2.34. The van der Waals surface area contributed by atoms with Crippen LogP contribution in [0.1, 0.15) is 26.7 Å². The van der Waals surface area contributed by atoms with Crippen molar-refractivity contribution in [3.8, 4) is 0 Å². The molecule has 0 radical (unpaired) electrons. The van der Waals surface area contributed by atoms with E-state index in [4.69, 9.17) is 5.11 Å². The summed E-state index contributed by atoms with van der Waals surface area (Å²) in [5.74, 6) is -4.60. The Morgan fingerprint density at radius 3 is 2.31 bits per heavy atom. The lowest BCUT2D eigenvalue weighted by atomic mass is 9.95. The minimum atomic E-state index is -3.06. The van der Waals surface area contributed by atoms with E-state index in [2.05, 4.69) is 6.58 Å². The van der Waals surface area contributed by atoms with Crippen molar-refractivity contribution in [3.05, 3.63) is 12.2 Å². The van der Waals surface area contributed by atoms with Crippen molar-refractivity contribution < 1.29 is 18.7 Å². The van der Waals surface area contributed by atoms with E-state index in [0.717, 1.165) is 0 Å². The number of halogens is 2. The van der Waals surface area contributed by atoms with Gasteiger partial charge in [-0.1, -0.05) is 20.4 Å². The fourth-order valence-electron chi connectivity index (χ4n) is 0.847. The van der Waals surface area contributed by atoms with Gasteiger partial charge in [0.25, 0.3) is 5.92 Å². The van der Waals surface area contributed by atoms with E-state index < -0.39 is 24.7 Å². The minimum absolute atomic E-state index is 0.200. The van der Waals surface area contributed by atoms with Gasteiger partial charge in [-0.3, -0.25) is 4.79 Å². The predicted octanol–water partition coefficient (Wildman–Crippen LogP) is 2.70. The first kappa shape index (κ1) is 12.1. The Morgan fingerprint density at radius 2 is 2.00 bits per heavy atom. The fourth-order valence-corrected chi connectivity index (χ4v) is 0.847. The van der Waals surface area contributed by atoms with Crippen molar-refractivity contribution in [2.45, 2.75) is 32.6 Å². The van der Waals surface area contributed by atoms with Crippen molar-refractivity contribution in [2.24, 2.45) is 5.92 Å². The second-order valence-electron chi connectivity index (χ2n) is 3.28. The Hall–Kier alpha value is -0.930. The summed E-state index contributed by atoms with van der Waals surface area (Å²) in [5.41, 5.74) is -0.200. The molecule has 0 heterocycles. The normalized spacial score (nSPS) is 11.8. The van der Waals surface area contributed by atoms with Gasteiger partial charge in [0.05, 0.1) is 6.42 Å². The van der Waals surface area contributed by atoms with Crippen molar-refractivity contribution in [1.82, 2.24) is 0 Å². The number of alkyl halides is 2. The van der Waals surface area contributed by atoms with Gasteiger partial charge < -0.3 is 5.11 Å². The highest BCUT2D eigenvalue weighted by molar-refractivity contribution is 5.66. The van der Waals surface area contributed by atoms with Crippen molar-refractivity contribution >= 4 is 5.97 Å². The van der Waals surface area contributed by atoms with Crippen LogP contribution in [0.25, 0.3) is 0 Å². The molecule has 0 bridgehead atoms. The van der Waals surface area contributed by atoms with Gasteiger partial charge in [-0.05, 0) is 11.5 Å². The van der Waals surface area contributed by atoms with Gasteiger partial charge in [0, 0.05) is 6.42 Å². The fraction of sp³-hybridized carbons (Fsp3) is 0.667. The zero-order valence-corrected chi connectivity index (χ0v) is 7.81. The largest absolute Gasteiger partial charge is 0.481 e. The molecule has 0 aliphatic carbocycles. The zero-order chi connectivity index (χ0) is 10.6. The van der Waals surface area contributed by atoms with Gasteiger partial charge in [-0.25, -0.2) is 8.78 Å². The average Bonchev–Trinajstić information content (AvgIpc) is 1.99. The summed E-state index contributed by atoms with van der Waals surface area (Å²) in [4.78, 5) is 10.1. The summed E-state index contributed by atoms with van der Waals surface area (Å²) >= 11 is 0. The van der Waals surface area contributed by atoms with Crippen molar-refractivity contribution in [2.75, 3.05) is 0 Å². The van der Waals surface area contributed by atoms with Crippen LogP contribution in [0.3, 0.4) is 0 Å². The summed E-state index contributed by atoms with van der Waals surface area (Å²) in [6.45, 7) is 6.48. The first-order valence-corrected chi connectivity index (χ1v) is 4.06. The van der Waals surface area contributed by atoms with Crippen LogP contribution in [0.15, 0.2) is 12.2 Å². The molecule has 0 aliphatic heterocycles. The highest BCUT2D eigenvalue weighted by atomic mass is 19.3. The Labute approximate surface area is 76.3 Å². The minimum Gasteiger partial charge on any atom is -0.481 e. The standard InChI is InChI=1S/C9H14F2O2/c1-6(2)7(3)9(10,11)5-4-8(12)13/h6H,3-5H2,1-2H3,(H,12,13). The van der Waals surface area contributed by atoms with Crippen LogP contribution in [0.2, 0.25) is 0 Å². The first-order valence-electron chi connectivity index (χ1n) is 4.06. The second kappa shape index (κ2) is 4.35. The SMILES string of the molecule is C=C(C(C)C)C(F)(F)CCC(=O)O. The van der Waals surface area contributed by atoms with Crippen molar-refractivity contribution in [1.29, 1.82) is 0 Å². The molecule has 1 N–H and O–H groups in total. The Balaban J connectivity index is 4.22. The topological polar surface area (TPSA) is 37.3 Å². The average molecular weight is 192 g/mol. The number of rotatable bonds is 5. The third-order valence-electron chi connectivity index (χ3n) is 1.82. The number of carboxylic acid groups (broad SMARTS) is 1. The molecule has 0 aromatic carbocycles. The molecule has 2 nitrogen and oxygen atoms in total. The molecule has 0 amide bonds. The lowest BCUT2D eigenvalue weighted by molar-refractivity contribution is -0.138. The molecule has 0 aromatic rings. The molecular formula is C9H14F2O2. The maximum atomic E-state index is 13.1. The molecule has 0 aliphatic rings. The van der Waals surface area contributed by atoms with Crippen LogP contribution in [0.4, 0.5) is 8.78 Å². The summed E-state index contributed by atoms with van der Waals surface area (Å²) in [6.07, 6.45) is -1.20. The van der Waals surface area contributed by atoms with Gasteiger partial charge in [0.15, 0.2) is 0 Å². The molecule has 0 spiro atoms. The van der Waals surface area contributed by atoms with Crippen LogP contribution in [-0.2, 0) is 4.79 Å². The highest BCUT2D eigenvalue weighted by Crippen LogP contribution is 2.32. The summed E-state index contributed by atoms with van der Waals surface area (Å²) in [7, 11) is 0. The van der Waals surface area contributed by atoms with E-state index in [9.17, 15) is 13.6 Å². The summed E-state index contributed by atoms with van der Waals surface area (Å²) < 4.78 is 26.1. The van der Waals surface area contributed by atoms with E-state index >= 15 is 0 Å². The van der Waals surface area contributed by atoms with Gasteiger partial charge >= 0.3 is 5.97 Å². The van der Waals surface area contributed by atoms with Crippen LogP contribution >= 0.6 is 0 Å². The first-order chi connectivity index (χ1) is 5.77. The Morgan fingerprint density at radius 1 is 1.54 bits per heavy atom. The van der Waals surface area contributed by atoms with E-state index in [0.29, 0.717) is 0 Å². The van der Waals surface area contributed by atoms with Crippen LogP contribution in [0, 0.1) is 5.92 Å². The molecule has 13 heavy (non-hydrogen) atoms. The van der Waals surface area contributed by atoms with E-state index in [1.807, 2.05) is 0 Å². The van der Waals surface area contributed by atoms with Crippen LogP contribution < -0.4 is 0 Å². The lowest BCUT2D eigenvalue weighted by Gasteiger charge is -2.20. The molecule has 0 aromatic heterocycles. The third-order valence-corrected chi connectivity index (χ3v) is 1.82. The van der Waals surface area contributed by atoms with Crippen LogP contribution in [0.5, 0.6) is 0 Å². The monoisotopic (exact) mass is 192 g/mol. The number of hydrogen-bond donors (Lipinski definition) is 1. The number of carbonyl (C=O) groups is 1. The maximum Gasteiger partial charge on any atom is 0.303 e. The van der Waals surface area contributed by atoms with E-state index in [1.54, 1.807) is 13.8 Å². The van der Waals surface area contributed by atoms with Gasteiger partial charge in [-0.15, -0.1) is 0 Å². The van der Waals surface area contributed by atoms with Crippen LogP contribution in [-0.4, -0.2) is 17.0 Å². The summed E-state index contributed by atoms with van der Waals surface area (Å²) in [6, 6.07) is 0. The predicted molar refractivity (Wildman–Crippen MR) is 45.8 cm³/mol. The number of hydrogen-bond acceptors (Lipinski definition) is 1. The summed E-state index contributed by atoms with van der Waals surface area (Å²) in [5, 5.41) is 8.23. The van der Waals surface area contributed by atoms with E-state index in [1.165, 1.54) is 0 Å². The molecule has 4 heteroatoms. The van der Waals surface area contributed by atoms with Crippen molar-refractivity contribution in [3.63, 3.8) is 0 Å². The second-order valence-corrected chi connectivity index (χ2v) is 3.28. The molecular weight excluding hydrogens is 178 g/mol. The number of aliphatic carboxylic acids is 1. The number of carboxylic acids is 1. The Bertz CT molecular complexity index is 210.